The van der Waals surface area contributed by atoms with Crippen molar-refractivity contribution in [3.8, 4) is 0 Å². The Kier molecular flexibility index (Phi) is 6.04. The van der Waals surface area contributed by atoms with Gasteiger partial charge in [-0.2, -0.15) is 0 Å². The van der Waals surface area contributed by atoms with Crippen LogP contribution < -0.4 is 4.72 Å². The van der Waals surface area contributed by atoms with Crippen LogP contribution in [0.5, 0.6) is 0 Å². The fourth-order valence-electron chi connectivity index (χ4n) is 1.60. The molecule has 0 aromatic heterocycles. The molecule has 0 saturated heterocycles. The average Bonchev–Trinajstić information content (AvgIpc) is 2.44. The van der Waals surface area contributed by atoms with Gasteiger partial charge in [-0.25, -0.2) is 13.1 Å². The van der Waals surface area contributed by atoms with Crippen molar-refractivity contribution in [2.75, 3.05) is 0 Å². The molecular weight excluding hydrogens is 294 g/mol. The third-order valence-electron chi connectivity index (χ3n) is 3.02. The molecule has 1 rings (SSSR count). The van der Waals surface area contributed by atoms with Gasteiger partial charge in [-0.15, -0.1) is 0 Å². The van der Waals surface area contributed by atoms with Crippen LogP contribution in [-0.2, 0) is 14.8 Å². The van der Waals surface area contributed by atoms with Crippen molar-refractivity contribution >= 4 is 21.8 Å². The summed E-state index contributed by atoms with van der Waals surface area (Å²) >= 11 is 0. The molecule has 0 saturated carbocycles. The van der Waals surface area contributed by atoms with Crippen LogP contribution in [0.2, 0.25) is 0 Å². The van der Waals surface area contributed by atoms with E-state index >= 15 is 0 Å². The lowest BCUT2D eigenvalue weighted by Gasteiger charge is -2.12. The van der Waals surface area contributed by atoms with E-state index in [0.29, 0.717) is 12.0 Å². The summed E-state index contributed by atoms with van der Waals surface area (Å²) in [5.74, 6) is -1.36. The highest BCUT2D eigenvalue weighted by molar-refractivity contribution is 7.89. The Morgan fingerprint density at radius 3 is 2.24 bits per heavy atom. The fraction of sp³-hybridized carbons (Fsp3) is 0.429. The number of carbonyl (C=O) groups is 2. The number of hydrogen-bond acceptors (Lipinski definition) is 4. The van der Waals surface area contributed by atoms with Crippen molar-refractivity contribution in [2.24, 2.45) is 0 Å². The van der Waals surface area contributed by atoms with Gasteiger partial charge in [0.05, 0.1) is 11.3 Å². The van der Waals surface area contributed by atoms with Crippen molar-refractivity contribution < 1.29 is 23.1 Å². The second kappa shape index (κ2) is 7.33. The van der Waals surface area contributed by atoms with Gasteiger partial charge in [0.1, 0.15) is 0 Å². The molecule has 0 aliphatic heterocycles. The Bertz CT molecular complexity index is 607. The lowest BCUT2D eigenvalue weighted by atomic mass is 10.1. The van der Waals surface area contributed by atoms with E-state index in [9.17, 15) is 18.0 Å². The van der Waals surface area contributed by atoms with Crippen LogP contribution in [0.3, 0.4) is 0 Å². The van der Waals surface area contributed by atoms with E-state index in [1.54, 1.807) is 6.92 Å². The number of hydrogen-bond donors (Lipinski definition) is 2. The zero-order chi connectivity index (χ0) is 16.0. The number of aliphatic carboxylic acids is 1. The van der Waals surface area contributed by atoms with Gasteiger partial charge >= 0.3 is 5.97 Å². The van der Waals surface area contributed by atoms with Crippen LogP contribution in [0.4, 0.5) is 0 Å². The first kappa shape index (κ1) is 17.3. The van der Waals surface area contributed by atoms with E-state index in [-0.39, 0.29) is 29.6 Å². The van der Waals surface area contributed by atoms with Crippen molar-refractivity contribution in [2.45, 2.75) is 44.0 Å². The van der Waals surface area contributed by atoms with Gasteiger partial charge in [0.15, 0.2) is 5.78 Å². The Hall–Kier alpha value is -1.73. The number of benzene rings is 1. The summed E-state index contributed by atoms with van der Waals surface area (Å²) in [5.41, 5.74) is 0.304. The lowest BCUT2D eigenvalue weighted by Crippen LogP contribution is -2.31. The summed E-state index contributed by atoms with van der Waals surface area (Å²) in [6.45, 7) is 3.64. The highest BCUT2D eigenvalue weighted by Crippen LogP contribution is 2.13. The SMILES string of the molecule is CCC(C)NS(=O)(=O)c1ccc(C(=O)CCC(=O)O)cc1. The van der Waals surface area contributed by atoms with Crippen LogP contribution >= 0.6 is 0 Å². The maximum Gasteiger partial charge on any atom is 0.303 e. The van der Waals surface area contributed by atoms with Gasteiger partial charge in [-0.3, -0.25) is 9.59 Å². The first-order valence-corrected chi connectivity index (χ1v) is 8.12. The lowest BCUT2D eigenvalue weighted by molar-refractivity contribution is -0.136. The highest BCUT2D eigenvalue weighted by atomic mass is 32.2. The molecule has 116 valence electrons. The number of carbonyl (C=O) groups excluding carboxylic acids is 1. The summed E-state index contributed by atoms with van der Waals surface area (Å²) < 4.78 is 26.6. The second-order valence-electron chi connectivity index (χ2n) is 4.77. The molecule has 21 heavy (non-hydrogen) atoms. The Balaban J connectivity index is 2.82. The second-order valence-corrected chi connectivity index (χ2v) is 6.49. The van der Waals surface area contributed by atoms with Gasteiger partial charge in [0.2, 0.25) is 10.0 Å². The molecule has 0 aliphatic carbocycles. The minimum absolute atomic E-state index is 0.0811. The number of carboxylic acid groups (broad SMARTS) is 1. The Labute approximate surface area is 124 Å². The van der Waals surface area contributed by atoms with Crippen LogP contribution in [0.1, 0.15) is 43.5 Å². The third kappa shape index (κ3) is 5.28. The van der Waals surface area contributed by atoms with Gasteiger partial charge < -0.3 is 5.11 Å². The molecule has 0 bridgehead atoms. The van der Waals surface area contributed by atoms with Gasteiger partial charge in [-0.05, 0) is 25.5 Å². The number of Topliss-reactive ketones (excluding diaryl/α,β-unsaturated/α-hetero) is 1. The molecule has 0 amide bonds. The molecule has 0 aliphatic rings. The van der Waals surface area contributed by atoms with Crippen molar-refractivity contribution in [3.05, 3.63) is 29.8 Å². The normalized spacial score (nSPS) is 12.9. The monoisotopic (exact) mass is 313 g/mol. The van der Waals surface area contributed by atoms with Crippen LogP contribution in [0.25, 0.3) is 0 Å². The average molecular weight is 313 g/mol. The molecule has 0 heterocycles. The summed E-state index contributed by atoms with van der Waals surface area (Å²) in [7, 11) is -3.60. The number of ketones is 1. The van der Waals surface area contributed by atoms with Gasteiger partial charge in [-0.1, -0.05) is 19.1 Å². The van der Waals surface area contributed by atoms with E-state index in [4.69, 9.17) is 5.11 Å². The zero-order valence-electron chi connectivity index (χ0n) is 12.0. The molecule has 6 nitrogen and oxygen atoms in total. The van der Waals surface area contributed by atoms with Crippen LogP contribution in [0, 0.1) is 0 Å². The number of sulfonamides is 1. The first-order valence-electron chi connectivity index (χ1n) is 6.63. The largest absolute Gasteiger partial charge is 0.481 e. The molecular formula is C14H19NO5S. The standard InChI is InChI=1S/C14H19NO5S/c1-3-10(2)15-21(19,20)12-6-4-11(5-7-12)13(16)8-9-14(17)18/h4-7,10,15H,3,8-9H2,1-2H3,(H,17,18). The van der Waals surface area contributed by atoms with Crippen LogP contribution in [-0.4, -0.2) is 31.3 Å². The number of nitrogens with one attached hydrogen (secondary N) is 1. The highest BCUT2D eigenvalue weighted by Gasteiger charge is 2.17. The molecule has 1 aromatic rings. The van der Waals surface area contributed by atoms with E-state index in [0.717, 1.165) is 0 Å². The first-order chi connectivity index (χ1) is 9.76. The van der Waals surface area contributed by atoms with E-state index in [2.05, 4.69) is 4.72 Å². The Morgan fingerprint density at radius 2 is 1.76 bits per heavy atom. The quantitative estimate of drug-likeness (QED) is 0.713. The molecule has 1 atom stereocenters. The topological polar surface area (TPSA) is 101 Å². The molecule has 0 fully saturated rings. The molecule has 0 spiro atoms. The molecule has 0 radical (unpaired) electrons. The number of carboxylic acids is 1. The predicted octanol–water partition coefficient (Wildman–Crippen LogP) is 1.81. The third-order valence-corrected chi connectivity index (χ3v) is 4.63. The minimum atomic E-state index is -3.60. The van der Waals surface area contributed by atoms with E-state index < -0.39 is 16.0 Å². The summed E-state index contributed by atoms with van der Waals surface area (Å²) in [4.78, 5) is 22.2. The van der Waals surface area contributed by atoms with Crippen molar-refractivity contribution in [3.63, 3.8) is 0 Å². The van der Waals surface area contributed by atoms with Gasteiger partial charge in [0.25, 0.3) is 0 Å². The number of rotatable bonds is 8. The molecule has 2 N–H and O–H groups in total. The maximum atomic E-state index is 12.0. The summed E-state index contributed by atoms with van der Waals surface area (Å²) in [6, 6.07) is 5.31. The molecule has 1 aromatic carbocycles. The maximum absolute atomic E-state index is 12.0. The molecule has 1 unspecified atom stereocenters. The smallest absolute Gasteiger partial charge is 0.303 e. The zero-order valence-corrected chi connectivity index (χ0v) is 12.8. The fourth-order valence-corrected chi connectivity index (χ4v) is 2.93. The summed E-state index contributed by atoms with van der Waals surface area (Å²) in [6.07, 6.45) is 0.325. The Morgan fingerprint density at radius 1 is 1.19 bits per heavy atom. The van der Waals surface area contributed by atoms with Gasteiger partial charge in [0, 0.05) is 18.0 Å². The minimum Gasteiger partial charge on any atom is -0.481 e. The van der Waals surface area contributed by atoms with Crippen LogP contribution in [0.15, 0.2) is 29.2 Å². The van der Waals surface area contributed by atoms with E-state index in [1.165, 1.54) is 24.3 Å². The van der Waals surface area contributed by atoms with Crippen molar-refractivity contribution in [1.29, 1.82) is 0 Å². The van der Waals surface area contributed by atoms with E-state index in [1.807, 2.05) is 6.92 Å². The molecule has 7 heteroatoms. The summed E-state index contributed by atoms with van der Waals surface area (Å²) in [5, 5.41) is 8.53. The predicted molar refractivity (Wildman–Crippen MR) is 77.7 cm³/mol. The van der Waals surface area contributed by atoms with Crippen molar-refractivity contribution in [1.82, 2.24) is 4.72 Å².